The highest BCUT2D eigenvalue weighted by atomic mass is 32.2. The summed E-state index contributed by atoms with van der Waals surface area (Å²) in [5, 5.41) is 13.0. The van der Waals surface area contributed by atoms with Crippen molar-refractivity contribution in [2.75, 3.05) is 19.4 Å². The number of ether oxygens (including phenoxy) is 1. The molecule has 1 aromatic rings. The van der Waals surface area contributed by atoms with Crippen LogP contribution in [0.5, 0.6) is 5.75 Å². The van der Waals surface area contributed by atoms with Crippen molar-refractivity contribution in [2.45, 2.75) is 36.8 Å². The zero-order valence-electron chi connectivity index (χ0n) is 11.8. The summed E-state index contributed by atoms with van der Waals surface area (Å²) < 4.78 is 28.5. The number of benzene rings is 1. The molecule has 1 aliphatic carbocycles. The van der Waals surface area contributed by atoms with E-state index in [1.54, 1.807) is 19.1 Å². The van der Waals surface area contributed by atoms with Gasteiger partial charge in [0.2, 0.25) is 0 Å². The molecule has 5 nitrogen and oxygen atoms in total. The average molecular weight is 299 g/mol. The Balaban J connectivity index is 1.88. The normalized spacial score (nSPS) is 16.9. The van der Waals surface area contributed by atoms with E-state index in [9.17, 15) is 13.5 Å². The van der Waals surface area contributed by atoms with E-state index in [1.165, 1.54) is 25.2 Å². The monoisotopic (exact) mass is 299 g/mol. The van der Waals surface area contributed by atoms with Crippen molar-refractivity contribution in [3.63, 3.8) is 0 Å². The average Bonchev–Trinajstić information content (AvgIpc) is 3.16. The Morgan fingerprint density at radius 2 is 2.15 bits per heavy atom. The van der Waals surface area contributed by atoms with Crippen LogP contribution in [0.15, 0.2) is 23.1 Å². The summed E-state index contributed by atoms with van der Waals surface area (Å²) in [4.78, 5) is 0.306. The smallest absolute Gasteiger partial charge is 0.175 e. The fourth-order valence-electron chi connectivity index (χ4n) is 1.97. The second-order valence-electron chi connectivity index (χ2n) is 5.35. The van der Waals surface area contributed by atoms with Gasteiger partial charge in [-0.3, -0.25) is 0 Å². The molecule has 6 heteroatoms. The molecule has 0 bridgehead atoms. The zero-order valence-corrected chi connectivity index (χ0v) is 12.6. The molecule has 1 aliphatic rings. The van der Waals surface area contributed by atoms with Crippen LogP contribution in [0.1, 0.15) is 18.4 Å². The van der Waals surface area contributed by atoms with Gasteiger partial charge in [-0.1, -0.05) is 0 Å². The van der Waals surface area contributed by atoms with Crippen LogP contribution in [0.3, 0.4) is 0 Å². The second kappa shape index (κ2) is 6.11. The standard InChI is InChI=1S/C14H21NO4S/c1-10-7-13(5-6-14(10)20(2,17)18)19-9-12(16)8-15-11-3-4-11/h5-7,11-12,15-16H,3-4,8-9H2,1-2H3. The number of hydrogen-bond acceptors (Lipinski definition) is 5. The van der Waals surface area contributed by atoms with Crippen molar-refractivity contribution < 1.29 is 18.3 Å². The fraction of sp³-hybridized carbons (Fsp3) is 0.571. The highest BCUT2D eigenvalue weighted by Gasteiger charge is 2.21. The summed E-state index contributed by atoms with van der Waals surface area (Å²) in [7, 11) is -3.21. The lowest BCUT2D eigenvalue weighted by Gasteiger charge is -2.14. The van der Waals surface area contributed by atoms with Crippen molar-refractivity contribution in [1.29, 1.82) is 0 Å². The maximum Gasteiger partial charge on any atom is 0.175 e. The van der Waals surface area contributed by atoms with Gasteiger partial charge >= 0.3 is 0 Å². The van der Waals surface area contributed by atoms with Gasteiger partial charge in [0.15, 0.2) is 9.84 Å². The molecule has 0 amide bonds. The van der Waals surface area contributed by atoms with Crippen LogP contribution in [0.4, 0.5) is 0 Å². The molecule has 2 N–H and O–H groups in total. The summed E-state index contributed by atoms with van der Waals surface area (Å²) in [6.07, 6.45) is 2.98. The van der Waals surface area contributed by atoms with E-state index in [4.69, 9.17) is 4.74 Å². The molecule has 1 atom stereocenters. The predicted molar refractivity (Wildman–Crippen MR) is 76.8 cm³/mol. The Kier molecular flexibility index (Phi) is 4.67. The molecule has 0 heterocycles. The van der Waals surface area contributed by atoms with Gasteiger partial charge in [0.25, 0.3) is 0 Å². The first-order valence-corrected chi connectivity index (χ1v) is 8.60. The lowest BCUT2D eigenvalue weighted by molar-refractivity contribution is 0.106. The molecular weight excluding hydrogens is 278 g/mol. The Morgan fingerprint density at radius 3 is 2.70 bits per heavy atom. The maximum absolute atomic E-state index is 11.5. The highest BCUT2D eigenvalue weighted by molar-refractivity contribution is 7.90. The highest BCUT2D eigenvalue weighted by Crippen LogP contribution is 2.21. The second-order valence-corrected chi connectivity index (χ2v) is 7.33. The lowest BCUT2D eigenvalue weighted by Crippen LogP contribution is -2.32. The molecule has 20 heavy (non-hydrogen) atoms. The van der Waals surface area contributed by atoms with E-state index in [0.717, 1.165) is 0 Å². The quantitative estimate of drug-likeness (QED) is 0.782. The molecule has 1 aromatic carbocycles. The van der Waals surface area contributed by atoms with Crippen molar-refractivity contribution in [1.82, 2.24) is 5.32 Å². The van der Waals surface area contributed by atoms with Gasteiger partial charge in [-0.05, 0) is 43.5 Å². The van der Waals surface area contributed by atoms with Gasteiger partial charge < -0.3 is 15.2 Å². The van der Waals surface area contributed by atoms with E-state index < -0.39 is 15.9 Å². The molecule has 0 saturated heterocycles. The summed E-state index contributed by atoms with van der Waals surface area (Å²) in [6, 6.07) is 5.39. The van der Waals surface area contributed by atoms with Crippen LogP contribution in [0.2, 0.25) is 0 Å². The number of rotatable bonds is 7. The van der Waals surface area contributed by atoms with Crippen LogP contribution in [0.25, 0.3) is 0 Å². The molecule has 0 radical (unpaired) electrons. The molecule has 112 valence electrons. The molecular formula is C14H21NO4S. The number of nitrogens with one attached hydrogen (secondary N) is 1. The largest absolute Gasteiger partial charge is 0.491 e. The van der Waals surface area contributed by atoms with Crippen molar-refractivity contribution in [3.8, 4) is 5.75 Å². The van der Waals surface area contributed by atoms with Crippen LogP contribution in [-0.4, -0.2) is 45.1 Å². The minimum atomic E-state index is -3.21. The van der Waals surface area contributed by atoms with Crippen molar-refractivity contribution in [2.24, 2.45) is 0 Å². The van der Waals surface area contributed by atoms with Gasteiger partial charge in [0, 0.05) is 18.8 Å². The molecule has 1 fully saturated rings. The first-order chi connectivity index (χ1) is 9.36. The molecule has 0 spiro atoms. The van der Waals surface area contributed by atoms with Crippen molar-refractivity contribution >= 4 is 9.84 Å². The van der Waals surface area contributed by atoms with Gasteiger partial charge in [-0.25, -0.2) is 8.42 Å². The minimum absolute atomic E-state index is 0.192. The maximum atomic E-state index is 11.5. The van der Waals surface area contributed by atoms with E-state index in [2.05, 4.69) is 5.32 Å². The number of aryl methyl sites for hydroxylation is 1. The van der Waals surface area contributed by atoms with E-state index in [1.807, 2.05) is 0 Å². The molecule has 0 aliphatic heterocycles. The lowest BCUT2D eigenvalue weighted by atomic mass is 10.2. The third kappa shape index (κ3) is 4.47. The first kappa shape index (κ1) is 15.3. The van der Waals surface area contributed by atoms with Crippen LogP contribution in [-0.2, 0) is 9.84 Å². The number of hydrogen-bond donors (Lipinski definition) is 2. The summed E-state index contributed by atoms with van der Waals surface area (Å²) in [5.74, 6) is 0.570. The SMILES string of the molecule is Cc1cc(OCC(O)CNC2CC2)ccc1S(C)(=O)=O. The predicted octanol–water partition coefficient (Wildman–Crippen LogP) is 0.890. The van der Waals surface area contributed by atoms with Gasteiger partial charge in [-0.15, -0.1) is 0 Å². The molecule has 2 rings (SSSR count). The summed E-state index contributed by atoms with van der Waals surface area (Å²) >= 11 is 0. The van der Waals surface area contributed by atoms with E-state index >= 15 is 0 Å². The molecule has 1 unspecified atom stereocenters. The van der Waals surface area contributed by atoms with Crippen LogP contribution >= 0.6 is 0 Å². The van der Waals surface area contributed by atoms with Gasteiger partial charge in [0.1, 0.15) is 18.5 Å². The summed E-state index contributed by atoms with van der Waals surface area (Å²) in [5.41, 5.74) is 0.649. The zero-order chi connectivity index (χ0) is 14.8. The minimum Gasteiger partial charge on any atom is -0.491 e. The third-order valence-corrected chi connectivity index (χ3v) is 4.46. The van der Waals surface area contributed by atoms with Crippen LogP contribution < -0.4 is 10.1 Å². The Hall–Kier alpha value is -1.11. The first-order valence-electron chi connectivity index (χ1n) is 6.71. The Labute approximate surface area is 119 Å². The van der Waals surface area contributed by atoms with E-state index in [-0.39, 0.29) is 6.61 Å². The Bertz CT molecular complexity index is 567. The summed E-state index contributed by atoms with van der Waals surface area (Å²) in [6.45, 7) is 2.44. The van der Waals surface area contributed by atoms with Crippen LogP contribution in [0, 0.1) is 6.92 Å². The number of sulfone groups is 1. The Morgan fingerprint density at radius 1 is 1.45 bits per heavy atom. The van der Waals surface area contributed by atoms with Crippen molar-refractivity contribution in [3.05, 3.63) is 23.8 Å². The molecule has 1 saturated carbocycles. The number of aliphatic hydroxyl groups is 1. The van der Waals surface area contributed by atoms with Gasteiger partial charge in [-0.2, -0.15) is 0 Å². The van der Waals surface area contributed by atoms with E-state index in [0.29, 0.717) is 28.8 Å². The third-order valence-electron chi connectivity index (χ3n) is 3.21. The topological polar surface area (TPSA) is 75.6 Å². The van der Waals surface area contributed by atoms with Gasteiger partial charge in [0.05, 0.1) is 4.90 Å². The number of aliphatic hydroxyl groups excluding tert-OH is 1. The molecule has 0 aromatic heterocycles. The fourth-order valence-corrected chi connectivity index (χ4v) is 2.93.